The van der Waals surface area contributed by atoms with Crippen molar-refractivity contribution >= 4 is 28.3 Å². The van der Waals surface area contributed by atoms with E-state index in [4.69, 9.17) is 5.73 Å². The number of halogens is 2. The Bertz CT molecular complexity index is 686. The molecule has 1 aliphatic heterocycles. The molecular formula is C15H23ClFN3O3S. The molecule has 3 N–H and O–H groups in total. The molecule has 24 heavy (non-hydrogen) atoms. The first kappa shape index (κ1) is 20.8. The van der Waals surface area contributed by atoms with Gasteiger partial charge in [-0.05, 0) is 30.5 Å². The zero-order valence-corrected chi connectivity index (χ0v) is 15.1. The number of nitrogens with two attached hydrogens (primary N) is 1. The van der Waals surface area contributed by atoms with Gasteiger partial charge in [0.25, 0.3) is 0 Å². The van der Waals surface area contributed by atoms with Crippen LogP contribution in [-0.4, -0.2) is 45.4 Å². The summed E-state index contributed by atoms with van der Waals surface area (Å²) < 4.78 is 39.8. The minimum Gasteiger partial charge on any atom is -0.342 e. The molecule has 0 radical (unpaired) electrons. The van der Waals surface area contributed by atoms with Gasteiger partial charge >= 0.3 is 0 Å². The third kappa shape index (κ3) is 4.89. The SMILES string of the molecule is CC1(CN)CCN(C(=O)CCNS(=O)(=O)c2ccccc2F)C1.Cl. The van der Waals surface area contributed by atoms with E-state index in [1.165, 1.54) is 18.2 Å². The quantitative estimate of drug-likeness (QED) is 0.774. The van der Waals surface area contributed by atoms with E-state index in [-0.39, 0.29) is 36.7 Å². The second-order valence-corrected chi connectivity index (χ2v) is 7.89. The van der Waals surface area contributed by atoms with Crippen LogP contribution in [0.1, 0.15) is 19.8 Å². The van der Waals surface area contributed by atoms with Crippen LogP contribution in [0.2, 0.25) is 0 Å². The van der Waals surface area contributed by atoms with Crippen molar-refractivity contribution in [2.45, 2.75) is 24.7 Å². The summed E-state index contributed by atoms with van der Waals surface area (Å²) in [6.45, 7) is 3.69. The van der Waals surface area contributed by atoms with Gasteiger partial charge in [-0.2, -0.15) is 0 Å². The Morgan fingerprint density at radius 1 is 1.42 bits per heavy atom. The first-order valence-corrected chi connectivity index (χ1v) is 8.98. The second kappa shape index (κ2) is 8.24. The molecule has 0 aliphatic carbocycles. The Morgan fingerprint density at radius 3 is 2.67 bits per heavy atom. The fourth-order valence-corrected chi connectivity index (χ4v) is 3.70. The predicted molar refractivity (Wildman–Crippen MR) is 91.8 cm³/mol. The number of nitrogens with one attached hydrogen (secondary N) is 1. The molecule has 136 valence electrons. The molecule has 2 rings (SSSR count). The zero-order chi connectivity index (χ0) is 17.1. The minimum atomic E-state index is -3.95. The molecular weight excluding hydrogens is 357 g/mol. The van der Waals surface area contributed by atoms with Crippen LogP contribution in [0.25, 0.3) is 0 Å². The molecule has 0 spiro atoms. The lowest BCUT2D eigenvalue weighted by Gasteiger charge is -2.22. The summed E-state index contributed by atoms with van der Waals surface area (Å²) in [4.78, 5) is 13.4. The van der Waals surface area contributed by atoms with Crippen molar-refractivity contribution < 1.29 is 17.6 Å². The van der Waals surface area contributed by atoms with Gasteiger partial charge in [0, 0.05) is 26.1 Å². The lowest BCUT2D eigenvalue weighted by molar-refractivity contribution is -0.130. The molecule has 1 aromatic rings. The summed E-state index contributed by atoms with van der Waals surface area (Å²) >= 11 is 0. The normalized spacial score (nSPS) is 20.7. The van der Waals surface area contributed by atoms with E-state index in [2.05, 4.69) is 4.72 Å². The van der Waals surface area contributed by atoms with E-state index >= 15 is 0 Å². The molecule has 1 fully saturated rings. The highest BCUT2D eigenvalue weighted by atomic mass is 35.5. The lowest BCUT2D eigenvalue weighted by atomic mass is 9.90. The van der Waals surface area contributed by atoms with E-state index in [1.807, 2.05) is 6.92 Å². The predicted octanol–water partition coefficient (Wildman–Crippen LogP) is 1.11. The molecule has 6 nitrogen and oxygen atoms in total. The van der Waals surface area contributed by atoms with Crippen LogP contribution in [0.3, 0.4) is 0 Å². The molecule has 0 aromatic heterocycles. The maximum atomic E-state index is 13.5. The van der Waals surface area contributed by atoms with Crippen LogP contribution >= 0.6 is 12.4 Å². The highest BCUT2D eigenvalue weighted by molar-refractivity contribution is 7.89. The molecule has 1 atom stereocenters. The Morgan fingerprint density at radius 2 is 2.08 bits per heavy atom. The third-order valence-electron chi connectivity index (χ3n) is 4.16. The first-order chi connectivity index (χ1) is 10.8. The third-order valence-corrected chi connectivity index (χ3v) is 5.65. The van der Waals surface area contributed by atoms with Crippen LogP contribution in [0, 0.1) is 11.2 Å². The van der Waals surface area contributed by atoms with Crippen molar-refractivity contribution in [3.05, 3.63) is 30.1 Å². The topological polar surface area (TPSA) is 92.5 Å². The van der Waals surface area contributed by atoms with Crippen LogP contribution in [0.4, 0.5) is 4.39 Å². The molecule has 1 aliphatic rings. The molecule has 1 amide bonds. The highest BCUT2D eigenvalue weighted by Gasteiger charge is 2.34. The van der Waals surface area contributed by atoms with Gasteiger partial charge in [-0.25, -0.2) is 17.5 Å². The van der Waals surface area contributed by atoms with Crippen LogP contribution in [-0.2, 0) is 14.8 Å². The molecule has 9 heteroatoms. The van der Waals surface area contributed by atoms with Crippen LogP contribution in [0.5, 0.6) is 0 Å². The monoisotopic (exact) mass is 379 g/mol. The Kier molecular flexibility index (Phi) is 7.15. The smallest absolute Gasteiger partial charge is 0.243 e. The first-order valence-electron chi connectivity index (χ1n) is 7.49. The van der Waals surface area contributed by atoms with Gasteiger partial charge in [-0.15, -0.1) is 12.4 Å². The van der Waals surface area contributed by atoms with Crippen molar-refractivity contribution in [2.24, 2.45) is 11.1 Å². The second-order valence-electron chi connectivity index (χ2n) is 6.16. The van der Waals surface area contributed by atoms with Crippen LogP contribution in [0.15, 0.2) is 29.2 Å². The Hall–Kier alpha value is -1.22. The summed E-state index contributed by atoms with van der Waals surface area (Å²) in [6.07, 6.45) is 0.879. The van der Waals surface area contributed by atoms with Crippen molar-refractivity contribution in [1.82, 2.24) is 9.62 Å². The van der Waals surface area contributed by atoms with E-state index in [0.717, 1.165) is 12.5 Å². The van der Waals surface area contributed by atoms with Gasteiger partial charge in [0.2, 0.25) is 15.9 Å². The minimum absolute atomic E-state index is 0. The number of carbonyl (C=O) groups is 1. The molecule has 0 saturated carbocycles. The van der Waals surface area contributed by atoms with Gasteiger partial charge in [0.15, 0.2) is 0 Å². The van der Waals surface area contributed by atoms with Gasteiger partial charge in [-0.3, -0.25) is 4.79 Å². The summed E-state index contributed by atoms with van der Waals surface area (Å²) in [7, 11) is -3.95. The number of amides is 1. The van der Waals surface area contributed by atoms with Crippen molar-refractivity contribution in [2.75, 3.05) is 26.2 Å². The van der Waals surface area contributed by atoms with Crippen molar-refractivity contribution in [3.8, 4) is 0 Å². The largest absolute Gasteiger partial charge is 0.342 e. The molecule has 1 heterocycles. The maximum absolute atomic E-state index is 13.5. The highest BCUT2D eigenvalue weighted by Crippen LogP contribution is 2.28. The van der Waals surface area contributed by atoms with E-state index in [0.29, 0.717) is 19.6 Å². The maximum Gasteiger partial charge on any atom is 0.243 e. The van der Waals surface area contributed by atoms with E-state index in [1.54, 1.807) is 4.90 Å². The number of benzene rings is 1. The van der Waals surface area contributed by atoms with Crippen molar-refractivity contribution in [1.29, 1.82) is 0 Å². The van der Waals surface area contributed by atoms with E-state index in [9.17, 15) is 17.6 Å². The number of rotatable bonds is 6. The number of hydrogen-bond donors (Lipinski definition) is 2. The fraction of sp³-hybridized carbons (Fsp3) is 0.533. The number of sulfonamides is 1. The van der Waals surface area contributed by atoms with Gasteiger partial charge < -0.3 is 10.6 Å². The average Bonchev–Trinajstić information content (AvgIpc) is 2.90. The average molecular weight is 380 g/mol. The summed E-state index contributed by atoms with van der Waals surface area (Å²) in [5, 5.41) is 0. The summed E-state index contributed by atoms with van der Waals surface area (Å²) in [6, 6.07) is 5.13. The Labute approximate surface area is 148 Å². The van der Waals surface area contributed by atoms with Crippen molar-refractivity contribution in [3.63, 3.8) is 0 Å². The van der Waals surface area contributed by atoms with Gasteiger partial charge in [0.1, 0.15) is 10.7 Å². The molecule has 1 saturated heterocycles. The Balaban J connectivity index is 0.00000288. The van der Waals surface area contributed by atoms with E-state index < -0.39 is 20.7 Å². The number of hydrogen-bond acceptors (Lipinski definition) is 4. The number of carbonyl (C=O) groups excluding carboxylic acids is 1. The lowest BCUT2D eigenvalue weighted by Crippen LogP contribution is -2.36. The number of likely N-dealkylation sites (tertiary alicyclic amines) is 1. The summed E-state index contributed by atoms with van der Waals surface area (Å²) in [5.74, 6) is -0.942. The zero-order valence-electron chi connectivity index (χ0n) is 13.5. The summed E-state index contributed by atoms with van der Waals surface area (Å²) in [5.41, 5.74) is 5.63. The molecule has 1 unspecified atom stereocenters. The van der Waals surface area contributed by atoms with Gasteiger partial charge in [0.05, 0.1) is 0 Å². The standard InChI is InChI=1S/C15H22FN3O3S.ClH/c1-15(10-17)7-9-19(11-15)14(20)6-8-18-23(21,22)13-5-3-2-4-12(13)16;/h2-5,18H,6-11,17H2,1H3;1H. The molecule has 0 bridgehead atoms. The fourth-order valence-electron chi connectivity index (χ4n) is 2.59. The van der Waals surface area contributed by atoms with Gasteiger partial charge in [-0.1, -0.05) is 19.1 Å². The molecule has 1 aromatic carbocycles. The van der Waals surface area contributed by atoms with Crippen LogP contribution < -0.4 is 10.5 Å². The number of nitrogens with zero attached hydrogens (tertiary/aromatic N) is 1.